The molecular formula is C17H18FN5O. The van der Waals surface area contributed by atoms with Crippen molar-refractivity contribution in [3.8, 4) is 11.1 Å². The number of ether oxygens (including phenoxy) is 1. The summed E-state index contributed by atoms with van der Waals surface area (Å²) in [5.74, 6) is 0.149. The third-order valence-corrected chi connectivity index (χ3v) is 4.44. The Kier molecular flexibility index (Phi) is 3.57. The van der Waals surface area contributed by atoms with Crippen molar-refractivity contribution in [3.05, 3.63) is 36.0 Å². The minimum atomic E-state index is -0.202. The first kappa shape index (κ1) is 14.9. The lowest BCUT2D eigenvalue weighted by Gasteiger charge is -2.07. The smallest absolute Gasteiger partial charge is 0.146 e. The minimum Gasteiger partial charge on any atom is -0.384 e. The Morgan fingerprint density at radius 3 is 3.04 bits per heavy atom. The Morgan fingerprint density at radius 1 is 1.33 bits per heavy atom. The van der Waals surface area contributed by atoms with Gasteiger partial charge >= 0.3 is 0 Å². The van der Waals surface area contributed by atoms with Crippen LogP contribution in [0.15, 0.2) is 24.7 Å². The molecule has 1 aliphatic heterocycles. The van der Waals surface area contributed by atoms with E-state index in [1.807, 2.05) is 16.8 Å². The van der Waals surface area contributed by atoms with Crippen molar-refractivity contribution < 1.29 is 9.13 Å². The SMILES string of the molecule is COCCn1cc(-c2ccc3c(c2F)CCN3)c2c(N)ncnc21. The van der Waals surface area contributed by atoms with Gasteiger partial charge in [0, 0.05) is 48.8 Å². The van der Waals surface area contributed by atoms with E-state index in [2.05, 4.69) is 15.3 Å². The number of methoxy groups -OCH3 is 1. The van der Waals surface area contributed by atoms with Crippen LogP contribution in [-0.4, -0.2) is 34.8 Å². The number of aromatic nitrogens is 3. The van der Waals surface area contributed by atoms with Crippen LogP contribution in [0.1, 0.15) is 5.56 Å². The number of benzene rings is 1. The van der Waals surface area contributed by atoms with Crippen LogP contribution in [0.5, 0.6) is 0 Å². The Morgan fingerprint density at radius 2 is 2.21 bits per heavy atom. The molecule has 0 spiro atoms. The third kappa shape index (κ3) is 2.20. The van der Waals surface area contributed by atoms with Crippen LogP contribution in [0.4, 0.5) is 15.9 Å². The minimum absolute atomic E-state index is 0.202. The summed E-state index contributed by atoms with van der Waals surface area (Å²) in [5, 5.41) is 3.87. The summed E-state index contributed by atoms with van der Waals surface area (Å²) < 4.78 is 22.1. The third-order valence-electron chi connectivity index (χ3n) is 4.44. The summed E-state index contributed by atoms with van der Waals surface area (Å²) in [7, 11) is 1.64. The number of nitrogens with two attached hydrogens (primary N) is 1. The van der Waals surface area contributed by atoms with E-state index in [1.54, 1.807) is 13.2 Å². The van der Waals surface area contributed by atoms with Crippen LogP contribution in [0.25, 0.3) is 22.2 Å². The van der Waals surface area contributed by atoms with Gasteiger partial charge in [-0.3, -0.25) is 0 Å². The van der Waals surface area contributed by atoms with Crippen molar-refractivity contribution in [3.63, 3.8) is 0 Å². The van der Waals surface area contributed by atoms with Crippen LogP contribution in [0.2, 0.25) is 0 Å². The molecule has 0 saturated carbocycles. The quantitative estimate of drug-likeness (QED) is 0.769. The molecule has 1 aromatic carbocycles. The molecule has 3 heterocycles. The predicted octanol–water partition coefficient (Wildman–Crippen LogP) is 2.43. The number of nitrogen functional groups attached to an aromatic ring is 1. The van der Waals surface area contributed by atoms with E-state index < -0.39 is 0 Å². The van der Waals surface area contributed by atoms with Crippen molar-refractivity contribution in [2.24, 2.45) is 0 Å². The van der Waals surface area contributed by atoms with Crippen molar-refractivity contribution >= 4 is 22.5 Å². The van der Waals surface area contributed by atoms with Crippen LogP contribution >= 0.6 is 0 Å². The van der Waals surface area contributed by atoms with Gasteiger partial charge in [0.2, 0.25) is 0 Å². The molecule has 0 aliphatic carbocycles. The molecular weight excluding hydrogens is 309 g/mol. The van der Waals surface area contributed by atoms with Gasteiger partial charge in [0.1, 0.15) is 23.6 Å². The molecule has 0 radical (unpaired) electrons. The first-order valence-corrected chi connectivity index (χ1v) is 7.84. The number of rotatable bonds is 4. The molecule has 0 bridgehead atoms. The van der Waals surface area contributed by atoms with Gasteiger partial charge < -0.3 is 20.4 Å². The van der Waals surface area contributed by atoms with Gasteiger partial charge in [-0.2, -0.15) is 0 Å². The lowest BCUT2D eigenvalue weighted by atomic mass is 10.0. The Balaban J connectivity index is 1.94. The Labute approximate surface area is 138 Å². The van der Waals surface area contributed by atoms with Gasteiger partial charge in [-0.25, -0.2) is 14.4 Å². The second kappa shape index (κ2) is 5.76. The maximum absolute atomic E-state index is 15.0. The number of fused-ring (bicyclic) bond motifs is 2. The topological polar surface area (TPSA) is 78.0 Å². The summed E-state index contributed by atoms with van der Waals surface area (Å²) >= 11 is 0. The molecule has 0 amide bonds. The van der Waals surface area contributed by atoms with Gasteiger partial charge in [-0.05, 0) is 18.6 Å². The van der Waals surface area contributed by atoms with E-state index in [-0.39, 0.29) is 5.82 Å². The maximum Gasteiger partial charge on any atom is 0.146 e. The molecule has 2 aromatic heterocycles. The summed E-state index contributed by atoms with van der Waals surface area (Å²) in [6.45, 7) is 1.90. The summed E-state index contributed by atoms with van der Waals surface area (Å²) in [4.78, 5) is 8.40. The standard InChI is InChI=1S/C17H18FN5O/c1-24-7-6-23-8-12(14-16(19)21-9-22-17(14)23)10-2-3-13-11(15(10)18)4-5-20-13/h2-3,8-9,20H,4-7H2,1H3,(H2,19,21,22). The maximum atomic E-state index is 15.0. The first-order chi connectivity index (χ1) is 11.7. The van der Waals surface area contributed by atoms with Gasteiger partial charge in [-0.15, -0.1) is 0 Å². The fourth-order valence-corrected chi connectivity index (χ4v) is 3.27. The molecule has 4 rings (SSSR count). The number of nitrogens with one attached hydrogen (secondary N) is 1. The molecule has 6 nitrogen and oxygen atoms in total. The number of hydrogen-bond acceptors (Lipinski definition) is 5. The van der Waals surface area contributed by atoms with E-state index in [1.165, 1.54) is 6.33 Å². The molecule has 7 heteroatoms. The number of hydrogen-bond donors (Lipinski definition) is 2. The highest BCUT2D eigenvalue weighted by molar-refractivity contribution is 6.01. The van der Waals surface area contributed by atoms with E-state index >= 15 is 4.39 Å². The summed E-state index contributed by atoms with van der Waals surface area (Å²) in [6, 6.07) is 3.70. The van der Waals surface area contributed by atoms with Crippen molar-refractivity contribution in [1.29, 1.82) is 0 Å². The molecule has 124 valence electrons. The average Bonchev–Trinajstić information content (AvgIpc) is 3.19. The molecule has 0 unspecified atom stereocenters. The van der Waals surface area contributed by atoms with Gasteiger partial charge in [0.25, 0.3) is 0 Å². The van der Waals surface area contributed by atoms with Crippen LogP contribution in [0.3, 0.4) is 0 Å². The normalized spacial score (nSPS) is 13.2. The largest absolute Gasteiger partial charge is 0.384 e. The zero-order chi connectivity index (χ0) is 16.7. The highest BCUT2D eigenvalue weighted by Crippen LogP contribution is 2.37. The molecule has 1 aliphatic rings. The highest BCUT2D eigenvalue weighted by Gasteiger charge is 2.22. The molecule has 0 atom stereocenters. The Bertz CT molecular complexity index is 921. The molecule has 3 aromatic rings. The molecule has 3 N–H and O–H groups in total. The zero-order valence-corrected chi connectivity index (χ0v) is 13.3. The first-order valence-electron chi connectivity index (χ1n) is 7.84. The van der Waals surface area contributed by atoms with Gasteiger partial charge in [0.15, 0.2) is 0 Å². The monoisotopic (exact) mass is 327 g/mol. The summed E-state index contributed by atoms with van der Waals surface area (Å²) in [6.07, 6.45) is 3.99. The lowest BCUT2D eigenvalue weighted by molar-refractivity contribution is 0.188. The van der Waals surface area contributed by atoms with Gasteiger partial charge in [-0.1, -0.05) is 0 Å². The van der Waals surface area contributed by atoms with Crippen molar-refractivity contribution in [2.75, 3.05) is 31.3 Å². The zero-order valence-electron chi connectivity index (χ0n) is 13.3. The molecule has 0 saturated heterocycles. The second-order valence-electron chi connectivity index (χ2n) is 5.82. The van der Waals surface area contributed by atoms with E-state index in [0.29, 0.717) is 47.6 Å². The van der Waals surface area contributed by atoms with E-state index in [4.69, 9.17) is 10.5 Å². The fourth-order valence-electron chi connectivity index (χ4n) is 3.27. The second-order valence-corrected chi connectivity index (χ2v) is 5.82. The van der Waals surface area contributed by atoms with E-state index in [9.17, 15) is 0 Å². The fraction of sp³-hybridized carbons (Fsp3) is 0.294. The predicted molar refractivity (Wildman–Crippen MR) is 91.4 cm³/mol. The number of nitrogens with zero attached hydrogens (tertiary/aromatic N) is 3. The lowest BCUT2D eigenvalue weighted by Crippen LogP contribution is -2.04. The van der Waals surface area contributed by atoms with Crippen molar-refractivity contribution in [2.45, 2.75) is 13.0 Å². The number of anilines is 2. The Hall–Kier alpha value is -2.67. The average molecular weight is 327 g/mol. The van der Waals surface area contributed by atoms with Crippen LogP contribution in [0, 0.1) is 5.82 Å². The molecule has 24 heavy (non-hydrogen) atoms. The van der Waals surface area contributed by atoms with Gasteiger partial charge in [0.05, 0.1) is 12.0 Å². The van der Waals surface area contributed by atoms with Crippen LogP contribution in [-0.2, 0) is 17.7 Å². The van der Waals surface area contributed by atoms with Crippen LogP contribution < -0.4 is 11.1 Å². The molecule has 0 fully saturated rings. The van der Waals surface area contributed by atoms with Crippen molar-refractivity contribution in [1.82, 2.24) is 14.5 Å². The van der Waals surface area contributed by atoms with E-state index in [0.717, 1.165) is 17.8 Å². The number of halogens is 1. The highest BCUT2D eigenvalue weighted by atomic mass is 19.1. The summed E-state index contributed by atoms with van der Waals surface area (Å²) in [5.41, 5.74) is 9.59.